The highest BCUT2D eigenvalue weighted by Gasteiger charge is 2.26. The summed E-state index contributed by atoms with van der Waals surface area (Å²) in [5.74, 6) is -0.687. The van der Waals surface area contributed by atoms with Crippen LogP contribution in [0.5, 0.6) is 0 Å². The molecule has 1 saturated heterocycles. The van der Waals surface area contributed by atoms with Crippen molar-refractivity contribution in [2.75, 3.05) is 6.54 Å². The predicted octanol–water partition coefficient (Wildman–Crippen LogP) is 2.74. The molecule has 1 heterocycles. The molecule has 3 heteroatoms. The molecule has 2 rings (SSSR count). The van der Waals surface area contributed by atoms with Crippen molar-refractivity contribution in [3.05, 3.63) is 34.9 Å². The van der Waals surface area contributed by atoms with Crippen LogP contribution in [0.1, 0.15) is 36.0 Å². The first kappa shape index (κ1) is 13.1. The minimum atomic E-state index is -0.687. The Morgan fingerprint density at radius 1 is 1.44 bits per heavy atom. The number of hydrogen-bond donors (Lipinski definition) is 1. The van der Waals surface area contributed by atoms with Crippen molar-refractivity contribution in [2.45, 2.75) is 45.7 Å². The SMILES string of the molecule is Cc1ccc(CN2CCCC2CC(=O)O)c(C)c1. The van der Waals surface area contributed by atoms with Crippen molar-refractivity contribution >= 4 is 5.97 Å². The van der Waals surface area contributed by atoms with Crippen LogP contribution in [0.15, 0.2) is 18.2 Å². The summed E-state index contributed by atoms with van der Waals surface area (Å²) in [6, 6.07) is 6.70. The number of benzene rings is 1. The van der Waals surface area contributed by atoms with Crippen molar-refractivity contribution in [1.29, 1.82) is 0 Å². The first-order valence-corrected chi connectivity index (χ1v) is 6.58. The molecule has 0 amide bonds. The van der Waals surface area contributed by atoms with Gasteiger partial charge in [0.15, 0.2) is 0 Å². The van der Waals surface area contributed by atoms with E-state index in [1.54, 1.807) is 0 Å². The van der Waals surface area contributed by atoms with E-state index < -0.39 is 5.97 Å². The molecule has 0 radical (unpaired) electrons. The van der Waals surface area contributed by atoms with Crippen LogP contribution in [0.4, 0.5) is 0 Å². The number of nitrogens with zero attached hydrogens (tertiary/aromatic N) is 1. The van der Waals surface area contributed by atoms with E-state index in [-0.39, 0.29) is 12.5 Å². The van der Waals surface area contributed by atoms with Crippen LogP contribution in [0, 0.1) is 13.8 Å². The minimum Gasteiger partial charge on any atom is -0.481 e. The molecule has 0 saturated carbocycles. The van der Waals surface area contributed by atoms with Gasteiger partial charge in [-0.3, -0.25) is 9.69 Å². The smallest absolute Gasteiger partial charge is 0.304 e. The Balaban J connectivity index is 2.05. The third-order valence-corrected chi connectivity index (χ3v) is 3.78. The quantitative estimate of drug-likeness (QED) is 0.889. The molecule has 1 unspecified atom stereocenters. The van der Waals surface area contributed by atoms with Crippen LogP contribution in [0.3, 0.4) is 0 Å². The number of aryl methyl sites for hydroxylation is 2. The van der Waals surface area contributed by atoms with Gasteiger partial charge in [-0.1, -0.05) is 23.8 Å². The molecule has 18 heavy (non-hydrogen) atoms. The fourth-order valence-corrected chi connectivity index (χ4v) is 2.78. The maximum Gasteiger partial charge on any atom is 0.304 e. The highest BCUT2D eigenvalue weighted by molar-refractivity contribution is 5.67. The van der Waals surface area contributed by atoms with Gasteiger partial charge < -0.3 is 5.11 Å². The molecule has 1 fully saturated rings. The van der Waals surface area contributed by atoms with Crippen LogP contribution in [0.2, 0.25) is 0 Å². The van der Waals surface area contributed by atoms with E-state index in [0.717, 1.165) is 25.9 Å². The summed E-state index contributed by atoms with van der Waals surface area (Å²) in [6.07, 6.45) is 2.39. The van der Waals surface area contributed by atoms with Gasteiger partial charge in [-0.15, -0.1) is 0 Å². The van der Waals surface area contributed by atoms with E-state index in [1.807, 2.05) is 0 Å². The van der Waals surface area contributed by atoms with Gasteiger partial charge in [0, 0.05) is 12.6 Å². The number of carboxylic acid groups (broad SMARTS) is 1. The molecule has 1 N–H and O–H groups in total. The standard InChI is InChI=1S/C15H21NO2/c1-11-5-6-13(12(2)8-11)10-16-7-3-4-14(16)9-15(17)18/h5-6,8,14H,3-4,7,9-10H2,1-2H3,(H,17,18). The van der Waals surface area contributed by atoms with Gasteiger partial charge in [0.1, 0.15) is 0 Å². The lowest BCUT2D eigenvalue weighted by atomic mass is 10.0. The predicted molar refractivity (Wildman–Crippen MR) is 71.6 cm³/mol. The zero-order valence-corrected chi connectivity index (χ0v) is 11.1. The largest absolute Gasteiger partial charge is 0.481 e. The van der Waals surface area contributed by atoms with Gasteiger partial charge >= 0.3 is 5.97 Å². The van der Waals surface area contributed by atoms with Crippen LogP contribution in [0.25, 0.3) is 0 Å². The molecular weight excluding hydrogens is 226 g/mol. The Kier molecular flexibility index (Phi) is 4.02. The Bertz CT molecular complexity index is 442. The lowest BCUT2D eigenvalue weighted by Gasteiger charge is -2.24. The van der Waals surface area contributed by atoms with Crippen molar-refractivity contribution < 1.29 is 9.90 Å². The first-order chi connectivity index (χ1) is 8.56. The van der Waals surface area contributed by atoms with E-state index in [4.69, 9.17) is 5.11 Å². The zero-order valence-electron chi connectivity index (χ0n) is 11.1. The lowest BCUT2D eigenvalue weighted by Crippen LogP contribution is -2.31. The zero-order chi connectivity index (χ0) is 13.1. The van der Waals surface area contributed by atoms with E-state index in [2.05, 4.69) is 36.9 Å². The summed E-state index contributed by atoms with van der Waals surface area (Å²) >= 11 is 0. The molecule has 1 atom stereocenters. The van der Waals surface area contributed by atoms with Crippen LogP contribution >= 0.6 is 0 Å². The second-order valence-electron chi connectivity index (χ2n) is 5.29. The van der Waals surface area contributed by atoms with Crippen molar-refractivity contribution in [2.24, 2.45) is 0 Å². The molecule has 1 aromatic rings. The molecule has 3 nitrogen and oxygen atoms in total. The maximum atomic E-state index is 10.8. The van der Waals surface area contributed by atoms with E-state index in [9.17, 15) is 4.79 Å². The van der Waals surface area contributed by atoms with Crippen molar-refractivity contribution in [3.63, 3.8) is 0 Å². The highest BCUT2D eigenvalue weighted by atomic mass is 16.4. The minimum absolute atomic E-state index is 0.211. The van der Waals surface area contributed by atoms with Gasteiger partial charge in [-0.2, -0.15) is 0 Å². The Hall–Kier alpha value is -1.35. The van der Waals surface area contributed by atoms with Gasteiger partial charge in [-0.25, -0.2) is 0 Å². The Labute approximate surface area is 108 Å². The Morgan fingerprint density at radius 3 is 2.89 bits per heavy atom. The normalized spacial score (nSPS) is 20.2. The van der Waals surface area contributed by atoms with Crippen LogP contribution in [-0.2, 0) is 11.3 Å². The molecule has 98 valence electrons. The van der Waals surface area contributed by atoms with Crippen molar-refractivity contribution in [3.8, 4) is 0 Å². The molecule has 0 aromatic heterocycles. The molecule has 1 aliphatic heterocycles. The number of hydrogen-bond acceptors (Lipinski definition) is 2. The third kappa shape index (κ3) is 3.10. The lowest BCUT2D eigenvalue weighted by molar-refractivity contribution is -0.138. The third-order valence-electron chi connectivity index (χ3n) is 3.78. The monoisotopic (exact) mass is 247 g/mol. The summed E-state index contributed by atoms with van der Waals surface area (Å²) in [7, 11) is 0. The molecule has 0 bridgehead atoms. The van der Waals surface area contributed by atoms with Gasteiger partial charge in [0.25, 0.3) is 0 Å². The number of rotatable bonds is 4. The fraction of sp³-hybridized carbons (Fsp3) is 0.533. The second kappa shape index (κ2) is 5.53. The average Bonchev–Trinajstić information content (AvgIpc) is 2.69. The van der Waals surface area contributed by atoms with Gasteiger partial charge in [-0.05, 0) is 44.4 Å². The summed E-state index contributed by atoms with van der Waals surface area (Å²) in [5.41, 5.74) is 3.90. The van der Waals surface area contributed by atoms with Crippen LogP contribution in [-0.4, -0.2) is 28.6 Å². The number of aliphatic carboxylic acids is 1. The summed E-state index contributed by atoms with van der Waals surface area (Å²) < 4.78 is 0. The number of carbonyl (C=O) groups is 1. The summed E-state index contributed by atoms with van der Waals surface area (Å²) in [6.45, 7) is 6.12. The highest BCUT2D eigenvalue weighted by Crippen LogP contribution is 2.23. The van der Waals surface area contributed by atoms with Crippen LogP contribution < -0.4 is 0 Å². The van der Waals surface area contributed by atoms with E-state index >= 15 is 0 Å². The molecular formula is C15H21NO2. The fourth-order valence-electron chi connectivity index (χ4n) is 2.78. The number of carboxylic acids is 1. The Morgan fingerprint density at radius 2 is 2.22 bits per heavy atom. The van der Waals surface area contributed by atoms with Gasteiger partial charge in [0.05, 0.1) is 6.42 Å². The molecule has 1 aromatic carbocycles. The first-order valence-electron chi connectivity index (χ1n) is 6.58. The van der Waals surface area contributed by atoms with E-state index in [0.29, 0.717) is 0 Å². The molecule has 0 aliphatic carbocycles. The maximum absolute atomic E-state index is 10.8. The molecule has 1 aliphatic rings. The summed E-state index contributed by atoms with van der Waals surface area (Å²) in [5, 5.41) is 8.92. The summed E-state index contributed by atoms with van der Waals surface area (Å²) in [4.78, 5) is 13.1. The second-order valence-corrected chi connectivity index (χ2v) is 5.29. The van der Waals surface area contributed by atoms with E-state index in [1.165, 1.54) is 16.7 Å². The number of likely N-dealkylation sites (tertiary alicyclic amines) is 1. The topological polar surface area (TPSA) is 40.5 Å². The molecule has 0 spiro atoms. The van der Waals surface area contributed by atoms with Gasteiger partial charge in [0.2, 0.25) is 0 Å². The average molecular weight is 247 g/mol. The van der Waals surface area contributed by atoms with Crippen molar-refractivity contribution in [1.82, 2.24) is 4.90 Å².